The van der Waals surface area contributed by atoms with Crippen molar-refractivity contribution in [2.24, 2.45) is 0 Å². The third-order valence-electron chi connectivity index (χ3n) is 5.67. The number of rotatable bonds is 7. The second kappa shape index (κ2) is 9.84. The average Bonchev–Trinajstić information content (AvgIpc) is 2.83. The smallest absolute Gasteiger partial charge is 0.311 e. The molecule has 0 spiro atoms. The molecule has 0 fully saturated rings. The Labute approximate surface area is 200 Å². The van der Waals surface area contributed by atoms with Gasteiger partial charge < -0.3 is 24.2 Å². The summed E-state index contributed by atoms with van der Waals surface area (Å²) in [7, 11) is 3.19. The van der Waals surface area contributed by atoms with Crippen LogP contribution in [0.3, 0.4) is 0 Å². The van der Waals surface area contributed by atoms with Crippen LogP contribution in [0.25, 0.3) is 0 Å². The van der Waals surface area contributed by atoms with Gasteiger partial charge in [-0.3, -0.25) is 4.79 Å². The molecule has 8 nitrogen and oxygen atoms in total. The molecule has 0 saturated heterocycles. The fourth-order valence-corrected chi connectivity index (χ4v) is 4.10. The highest BCUT2D eigenvalue weighted by Gasteiger charge is 2.34. The zero-order valence-electron chi connectivity index (χ0n) is 18.7. The molecular weight excluding hydrogens is 490 g/mol. The fraction of sp³-hybridized carbons (Fsp3) is 0.333. The van der Waals surface area contributed by atoms with Crippen molar-refractivity contribution in [1.82, 2.24) is 9.78 Å². The molecule has 2 atom stereocenters. The van der Waals surface area contributed by atoms with Crippen LogP contribution < -0.4 is 24.7 Å². The van der Waals surface area contributed by atoms with Crippen molar-refractivity contribution in [2.75, 3.05) is 25.7 Å². The SMILES string of the molecule is COc1ccc(CCN2c3cnn(Cc4ccc(Br)cc4)c(=O)c3OC(C)C2O)cc1OC. The number of ether oxygens (including phenoxy) is 3. The van der Waals surface area contributed by atoms with E-state index in [-0.39, 0.29) is 11.3 Å². The third-order valence-corrected chi connectivity index (χ3v) is 6.20. The molecule has 0 bridgehead atoms. The van der Waals surface area contributed by atoms with Crippen LogP contribution in [0, 0.1) is 0 Å². The lowest BCUT2D eigenvalue weighted by Gasteiger charge is -2.38. The Balaban J connectivity index is 1.59. The zero-order chi connectivity index (χ0) is 23.5. The first-order valence-electron chi connectivity index (χ1n) is 10.6. The van der Waals surface area contributed by atoms with Crippen molar-refractivity contribution < 1.29 is 19.3 Å². The summed E-state index contributed by atoms with van der Waals surface area (Å²) in [4.78, 5) is 14.9. The van der Waals surface area contributed by atoms with Crippen LogP contribution in [0.4, 0.5) is 5.69 Å². The van der Waals surface area contributed by atoms with Crippen molar-refractivity contribution in [2.45, 2.75) is 32.2 Å². The van der Waals surface area contributed by atoms with E-state index in [0.717, 1.165) is 15.6 Å². The molecule has 0 radical (unpaired) electrons. The molecule has 1 aromatic heterocycles. The first kappa shape index (κ1) is 23.1. The average molecular weight is 516 g/mol. The number of anilines is 1. The van der Waals surface area contributed by atoms with Gasteiger partial charge in [-0.25, -0.2) is 4.68 Å². The van der Waals surface area contributed by atoms with E-state index in [1.54, 1.807) is 32.2 Å². The number of aliphatic hydroxyl groups is 1. The van der Waals surface area contributed by atoms with Crippen molar-refractivity contribution in [3.05, 3.63) is 74.6 Å². The van der Waals surface area contributed by atoms with Gasteiger partial charge >= 0.3 is 5.56 Å². The first-order valence-corrected chi connectivity index (χ1v) is 11.4. The number of aliphatic hydroxyl groups excluding tert-OH is 1. The molecule has 1 N–H and O–H groups in total. The lowest BCUT2D eigenvalue weighted by molar-refractivity contribution is 0.0310. The van der Waals surface area contributed by atoms with Crippen molar-refractivity contribution in [3.8, 4) is 17.2 Å². The number of hydrogen-bond acceptors (Lipinski definition) is 7. The number of aromatic nitrogens is 2. The number of halogens is 1. The van der Waals surface area contributed by atoms with Gasteiger partial charge in [0.05, 0.1) is 27.0 Å². The van der Waals surface area contributed by atoms with E-state index in [4.69, 9.17) is 14.2 Å². The van der Waals surface area contributed by atoms with Gasteiger partial charge in [-0.15, -0.1) is 0 Å². The fourth-order valence-electron chi connectivity index (χ4n) is 3.83. The molecule has 174 valence electrons. The third kappa shape index (κ3) is 4.84. The maximum atomic E-state index is 13.1. The Kier molecular flexibility index (Phi) is 6.90. The predicted octanol–water partition coefficient (Wildman–Crippen LogP) is 3.22. The van der Waals surface area contributed by atoms with E-state index in [9.17, 15) is 9.90 Å². The molecule has 2 unspecified atom stereocenters. The van der Waals surface area contributed by atoms with Crippen LogP contribution in [0.15, 0.2) is 57.9 Å². The second-order valence-electron chi connectivity index (χ2n) is 7.82. The summed E-state index contributed by atoms with van der Waals surface area (Å²) in [5.41, 5.74) is 2.11. The van der Waals surface area contributed by atoms with Crippen LogP contribution in [0.2, 0.25) is 0 Å². The Hall–Kier alpha value is -3.04. The molecule has 0 amide bonds. The second-order valence-corrected chi connectivity index (χ2v) is 8.73. The van der Waals surface area contributed by atoms with Gasteiger partial charge in [-0.2, -0.15) is 5.10 Å². The maximum absolute atomic E-state index is 13.1. The Bertz CT molecular complexity index is 1180. The van der Waals surface area contributed by atoms with Crippen molar-refractivity contribution in [1.29, 1.82) is 0 Å². The first-order chi connectivity index (χ1) is 15.9. The van der Waals surface area contributed by atoms with Crippen molar-refractivity contribution in [3.63, 3.8) is 0 Å². The predicted molar refractivity (Wildman–Crippen MR) is 128 cm³/mol. The minimum absolute atomic E-state index is 0.201. The van der Waals surface area contributed by atoms with Gasteiger partial charge in [-0.05, 0) is 48.7 Å². The van der Waals surface area contributed by atoms with E-state index in [2.05, 4.69) is 21.0 Å². The standard InChI is InChI=1S/C24H26BrN3O5/c1-15-23(29)27(11-10-16-6-9-20(31-2)21(12-16)32-3)19-13-26-28(24(30)22(19)33-15)14-17-4-7-18(25)8-5-17/h4-9,12-13,15,23,29H,10-11,14H2,1-3H3. The molecule has 3 aromatic rings. The molecule has 9 heteroatoms. The number of hydrogen-bond donors (Lipinski definition) is 1. The quantitative estimate of drug-likeness (QED) is 0.516. The number of nitrogens with zero attached hydrogens (tertiary/aromatic N) is 3. The highest BCUT2D eigenvalue weighted by molar-refractivity contribution is 9.10. The van der Waals surface area contributed by atoms with E-state index < -0.39 is 12.3 Å². The zero-order valence-corrected chi connectivity index (χ0v) is 20.3. The number of fused-ring (bicyclic) bond motifs is 1. The van der Waals surface area contributed by atoms with Crippen molar-refractivity contribution >= 4 is 21.6 Å². The van der Waals surface area contributed by atoms with Crippen LogP contribution in [-0.4, -0.2) is 48.0 Å². The van der Waals surface area contributed by atoms with Crippen LogP contribution >= 0.6 is 15.9 Å². The minimum Gasteiger partial charge on any atom is -0.493 e. The summed E-state index contributed by atoms with van der Waals surface area (Å²) in [6, 6.07) is 13.4. The highest BCUT2D eigenvalue weighted by atomic mass is 79.9. The van der Waals surface area contributed by atoms with Gasteiger partial charge in [-0.1, -0.05) is 34.1 Å². The summed E-state index contributed by atoms with van der Waals surface area (Å²) < 4.78 is 18.8. The van der Waals surface area contributed by atoms with E-state index in [1.165, 1.54) is 4.68 Å². The summed E-state index contributed by atoms with van der Waals surface area (Å²) in [6.45, 7) is 2.54. The van der Waals surface area contributed by atoms with Crippen LogP contribution in [0.1, 0.15) is 18.1 Å². The van der Waals surface area contributed by atoms with Crippen LogP contribution in [-0.2, 0) is 13.0 Å². The molecule has 1 aliphatic rings. The van der Waals surface area contributed by atoms with E-state index in [0.29, 0.717) is 36.7 Å². The summed E-state index contributed by atoms with van der Waals surface area (Å²) in [6.07, 6.45) is 0.727. The summed E-state index contributed by atoms with van der Waals surface area (Å²) in [5.74, 6) is 1.50. The molecule has 1 aliphatic heterocycles. The van der Waals surface area contributed by atoms with Gasteiger partial charge in [0, 0.05) is 11.0 Å². The minimum atomic E-state index is -0.902. The molecule has 4 rings (SSSR count). The van der Waals surface area contributed by atoms with Crippen LogP contribution in [0.5, 0.6) is 17.2 Å². The highest BCUT2D eigenvalue weighted by Crippen LogP contribution is 2.33. The number of methoxy groups -OCH3 is 2. The molecule has 2 aromatic carbocycles. The maximum Gasteiger partial charge on any atom is 0.311 e. The van der Waals surface area contributed by atoms with Gasteiger partial charge in [0.25, 0.3) is 0 Å². The van der Waals surface area contributed by atoms with Gasteiger partial charge in [0.2, 0.25) is 5.75 Å². The summed E-state index contributed by atoms with van der Waals surface area (Å²) in [5, 5.41) is 15.1. The normalized spacial score (nSPS) is 17.3. The molecule has 33 heavy (non-hydrogen) atoms. The largest absolute Gasteiger partial charge is 0.493 e. The monoisotopic (exact) mass is 515 g/mol. The Morgan fingerprint density at radius 1 is 1.09 bits per heavy atom. The lowest BCUT2D eigenvalue weighted by Crippen LogP contribution is -2.51. The molecule has 0 aliphatic carbocycles. The molecule has 2 heterocycles. The van der Waals surface area contributed by atoms with Gasteiger partial charge in [0.1, 0.15) is 11.8 Å². The van der Waals surface area contributed by atoms with Gasteiger partial charge in [0.15, 0.2) is 17.7 Å². The topological polar surface area (TPSA) is 86.1 Å². The van der Waals surface area contributed by atoms with E-state index >= 15 is 0 Å². The Morgan fingerprint density at radius 2 is 1.79 bits per heavy atom. The number of benzene rings is 2. The van der Waals surface area contributed by atoms with E-state index in [1.807, 2.05) is 42.5 Å². The lowest BCUT2D eigenvalue weighted by atomic mass is 10.1. The Morgan fingerprint density at radius 3 is 2.48 bits per heavy atom. The molecular formula is C24H26BrN3O5. The molecule has 0 saturated carbocycles. The summed E-state index contributed by atoms with van der Waals surface area (Å²) >= 11 is 3.41.